The standard InChI is InChI=1S/C15H19N5OS/c16-20-11-17-18-15(20)22-13(12-7-3-1-4-8-12)14(21)19-9-5-2-6-10-19/h1,3-4,7-8,11,13H,2,5-6,9-10,16H2/t13-/m0/s1. The number of piperidine rings is 1. The van der Waals surface area contributed by atoms with E-state index < -0.39 is 0 Å². The first-order chi connectivity index (χ1) is 10.8. The molecule has 0 spiro atoms. The van der Waals surface area contributed by atoms with Crippen molar-refractivity contribution in [3.8, 4) is 0 Å². The summed E-state index contributed by atoms with van der Waals surface area (Å²) in [5, 5.41) is 7.97. The number of likely N-dealkylation sites (tertiary alicyclic amines) is 1. The van der Waals surface area contributed by atoms with Crippen molar-refractivity contribution in [1.29, 1.82) is 0 Å². The third-order valence-electron chi connectivity index (χ3n) is 3.76. The highest BCUT2D eigenvalue weighted by molar-refractivity contribution is 8.00. The molecule has 0 unspecified atom stereocenters. The third kappa shape index (κ3) is 3.24. The van der Waals surface area contributed by atoms with Gasteiger partial charge in [-0.1, -0.05) is 42.1 Å². The van der Waals surface area contributed by atoms with Crippen molar-refractivity contribution in [1.82, 2.24) is 19.8 Å². The van der Waals surface area contributed by atoms with Crippen molar-refractivity contribution < 1.29 is 4.79 Å². The van der Waals surface area contributed by atoms with Gasteiger partial charge in [-0.25, -0.2) is 4.68 Å². The van der Waals surface area contributed by atoms with Crippen molar-refractivity contribution in [3.63, 3.8) is 0 Å². The van der Waals surface area contributed by atoms with Crippen LogP contribution in [0.25, 0.3) is 0 Å². The van der Waals surface area contributed by atoms with Crippen molar-refractivity contribution in [3.05, 3.63) is 42.2 Å². The van der Waals surface area contributed by atoms with Gasteiger partial charge in [0.25, 0.3) is 0 Å². The average molecular weight is 317 g/mol. The van der Waals surface area contributed by atoms with E-state index in [2.05, 4.69) is 10.2 Å². The first kappa shape index (κ1) is 14.9. The van der Waals surface area contributed by atoms with Crippen LogP contribution >= 0.6 is 11.8 Å². The molecule has 2 heterocycles. The van der Waals surface area contributed by atoms with Gasteiger partial charge < -0.3 is 10.7 Å². The van der Waals surface area contributed by atoms with E-state index in [0.29, 0.717) is 5.16 Å². The summed E-state index contributed by atoms with van der Waals surface area (Å²) in [6.07, 6.45) is 4.79. The van der Waals surface area contributed by atoms with Gasteiger partial charge in [-0.05, 0) is 24.8 Å². The fourth-order valence-electron chi connectivity index (χ4n) is 2.59. The minimum absolute atomic E-state index is 0.124. The molecular weight excluding hydrogens is 298 g/mol. The second-order valence-corrected chi connectivity index (χ2v) is 6.39. The summed E-state index contributed by atoms with van der Waals surface area (Å²) < 4.78 is 1.35. The number of carbonyl (C=O) groups is 1. The molecule has 1 aromatic heterocycles. The van der Waals surface area contributed by atoms with E-state index in [0.717, 1.165) is 31.5 Å². The number of benzene rings is 1. The highest BCUT2D eigenvalue weighted by Gasteiger charge is 2.29. The van der Waals surface area contributed by atoms with Crippen molar-refractivity contribution in [2.75, 3.05) is 18.9 Å². The lowest BCUT2D eigenvalue weighted by Crippen LogP contribution is -2.38. The maximum atomic E-state index is 12.9. The first-order valence-electron chi connectivity index (χ1n) is 7.41. The van der Waals surface area contributed by atoms with Gasteiger partial charge in [0.15, 0.2) is 0 Å². The lowest BCUT2D eigenvalue weighted by atomic mass is 10.1. The Morgan fingerprint density at radius 1 is 1.18 bits per heavy atom. The van der Waals surface area contributed by atoms with Gasteiger partial charge in [0.2, 0.25) is 11.1 Å². The van der Waals surface area contributed by atoms with Crippen LogP contribution in [0.5, 0.6) is 0 Å². The van der Waals surface area contributed by atoms with Crippen molar-refractivity contribution in [2.45, 2.75) is 29.7 Å². The van der Waals surface area contributed by atoms with Crippen LogP contribution in [0.2, 0.25) is 0 Å². The number of nitrogens with two attached hydrogens (primary N) is 1. The van der Waals surface area contributed by atoms with Crippen LogP contribution < -0.4 is 5.84 Å². The highest BCUT2D eigenvalue weighted by Crippen LogP contribution is 2.35. The number of hydrogen-bond acceptors (Lipinski definition) is 5. The number of rotatable bonds is 4. The number of amides is 1. The van der Waals surface area contributed by atoms with Crippen LogP contribution in [0.1, 0.15) is 30.1 Å². The largest absolute Gasteiger partial charge is 0.341 e. The molecule has 22 heavy (non-hydrogen) atoms. The molecule has 2 N–H and O–H groups in total. The van der Waals surface area contributed by atoms with Crippen LogP contribution in [-0.4, -0.2) is 38.8 Å². The fraction of sp³-hybridized carbons (Fsp3) is 0.400. The van der Waals surface area contributed by atoms with E-state index in [-0.39, 0.29) is 11.2 Å². The molecule has 7 heteroatoms. The van der Waals surface area contributed by atoms with Crippen molar-refractivity contribution in [2.24, 2.45) is 0 Å². The molecule has 1 amide bonds. The van der Waals surface area contributed by atoms with E-state index in [1.54, 1.807) is 0 Å². The van der Waals surface area contributed by atoms with Crippen LogP contribution in [0.3, 0.4) is 0 Å². The molecule has 0 aliphatic carbocycles. The molecule has 0 bridgehead atoms. The SMILES string of the molecule is Nn1cnnc1S[C@H](C(=O)N1CCCCC1)c1ccccc1. The maximum Gasteiger partial charge on any atom is 0.240 e. The molecule has 1 saturated heterocycles. The van der Waals surface area contributed by atoms with Crippen LogP contribution in [0.4, 0.5) is 0 Å². The molecule has 116 valence electrons. The van der Waals surface area contributed by atoms with Crippen LogP contribution in [0.15, 0.2) is 41.8 Å². The summed E-state index contributed by atoms with van der Waals surface area (Å²) in [5.41, 5.74) is 0.964. The number of hydrogen-bond donors (Lipinski definition) is 1. The molecular formula is C15H19N5OS. The van der Waals surface area contributed by atoms with Gasteiger partial charge in [0, 0.05) is 13.1 Å². The van der Waals surface area contributed by atoms with Crippen molar-refractivity contribution >= 4 is 17.7 Å². The van der Waals surface area contributed by atoms with E-state index in [9.17, 15) is 4.79 Å². The van der Waals surface area contributed by atoms with Gasteiger partial charge in [0.1, 0.15) is 11.6 Å². The Morgan fingerprint density at radius 3 is 2.55 bits per heavy atom. The topological polar surface area (TPSA) is 77.0 Å². The maximum absolute atomic E-state index is 12.9. The molecule has 3 rings (SSSR count). The van der Waals surface area contributed by atoms with Gasteiger partial charge in [-0.3, -0.25) is 4.79 Å². The minimum atomic E-state index is -0.342. The molecule has 0 radical (unpaired) electrons. The lowest BCUT2D eigenvalue weighted by Gasteiger charge is -2.30. The zero-order chi connectivity index (χ0) is 15.4. The Bertz CT molecular complexity index is 624. The highest BCUT2D eigenvalue weighted by atomic mass is 32.2. The smallest absolute Gasteiger partial charge is 0.240 e. The van der Waals surface area contributed by atoms with Gasteiger partial charge in [-0.15, -0.1) is 10.2 Å². The Labute approximate surface area is 133 Å². The second kappa shape index (κ2) is 6.83. The summed E-state index contributed by atoms with van der Waals surface area (Å²) in [7, 11) is 0. The molecule has 1 aliphatic rings. The number of aromatic nitrogens is 3. The molecule has 1 atom stereocenters. The molecule has 1 aromatic carbocycles. The summed E-state index contributed by atoms with van der Waals surface area (Å²) >= 11 is 1.35. The zero-order valence-corrected chi connectivity index (χ0v) is 13.1. The summed E-state index contributed by atoms with van der Waals surface area (Å²) in [6.45, 7) is 1.66. The Kier molecular flexibility index (Phi) is 4.62. The van der Waals surface area contributed by atoms with Crippen LogP contribution in [-0.2, 0) is 4.79 Å². The normalized spacial score (nSPS) is 16.5. The predicted octanol–water partition coefficient (Wildman–Crippen LogP) is 1.84. The summed E-state index contributed by atoms with van der Waals surface area (Å²) in [4.78, 5) is 14.9. The number of nitrogens with zero attached hydrogens (tertiary/aromatic N) is 4. The van der Waals surface area contributed by atoms with Gasteiger partial charge in [0.05, 0.1) is 0 Å². The molecule has 0 saturated carbocycles. The fourth-order valence-corrected chi connectivity index (χ4v) is 3.61. The van der Waals surface area contributed by atoms with Gasteiger partial charge in [-0.2, -0.15) is 0 Å². The monoisotopic (exact) mass is 317 g/mol. The van der Waals surface area contributed by atoms with Crippen LogP contribution in [0, 0.1) is 0 Å². The Morgan fingerprint density at radius 2 is 1.91 bits per heavy atom. The minimum Gasteiger partial charge on any atom is -0.341 e. The number of carbonyl (C=O) groups excluding carboxylic acids is 1. The first-order valence-corrected chi connectivity index (χ1v) is 8.29. The lowest BCUT2D eigenvalue weighted by molar-refractivity contribution is -0.131. The second-order valence-electron chi connectivity index (χ2n) is 5.32. The average Bonchev–Trinajstić information content (AvgIpc) is 2.98. The third-order valence-corrected chi connectivity index (χ3v) is 4.97. The number of thioether (sulfide) groups is 1. The summed E-state index contributed by atoms with van der Waals surface area (Å²) in [6, 6.07) is 9.77. The molecule has 1 fully saturated rings. The van der Waals surface area contributed by atoms with Gasteiger partial charge >= 0.3 is 0 Å². The number of nitrogen functional groups attached to an aromatic ring is 1. The zero-order valence-electron chi connectivity index (χ0n) is 12.3. The summed E-state index contributed by atoms with van der Waals surface area (Å²) in [5.74, 6) is 5.92. The molecule has 2 aromatic rings. The Balaban J connectivity index is 1.85. The predicted molar refractivity (Wildman–Crippen MR) is 85.6 cm³/mol. The molecule has 1 aliphatic heterocycles. The van der Waals surface area contributed by atoms with E-state index in [4.69, 9.17) is 5.84 Å². The molecule has 6 nitrogen and oxygen atoms in total. The van der Waals surface area contributed by atoms with E-state index in [1.165, 1.54) is 29.2 Å². The Hall–Kier alpha value is -2.02. The van der Waals surface area contributed by atoms with E-state index in [1.807, 2.05) is 35.2 Å². The van der Waals surface area contributed by atoms with E-state index >= 15 is 0 Å². The quantitative estimate of drug-likeness (QED) is 0.688.